The van der Waals surface area contributed by atoms with E-state index >= 15 is 0 Å². The van der Waals surface area contributed by atoms with Crippen molar-refractivity contribution in [2.24, 2.45) is 17.8 Å². The van der Waals surface area contributed by atoms with Crippen molar-refractivity contribution in [2.75, 3.05) is 13.6 Å². The summed E-state index contributed by atoms with van der Waals surface area (Å²) in [6, 6.07) is 10.8. The molecule has 0 aromatic heterocycles. The molecule has 2 heterocycles. The van der Waals surface area contributed by atoms with Crippen molar-refractivity contribution in [3.8, 4) is 5.75 Å². The van der Waals surface area contributed by atoms with Crippen molar-refractivity contribution in [3.63, 3.8) is 0 Å². The van der Waals surface area contributed by atoms with Crippen LogP contribution in [0.2, 0.25) is 0 Å². The molecule has 4 amide bonds. The number of benzene rings is 2. The van der Waals surface area contributed by atoms with Crippen molar-refractivity contribution in [1.29, 1.82) is 0 Å². The molecule has 2 aromatic rings. The maximum absolute atomic E-state index is 13.6. The quantitative estimate of drug-likeness (QED) is 0.366. The topological polar surface area (TPSA) is 95.0 Å². The van der Waals surface area contributed by atoms with E-state index in [0.717, 1.165) is 10.3 Å². The van der Waals surface area contributed by atoms with Gasteiger partial charge < -0.3 is 5.11 Å². The number of carbonyl (C=O) groups is 4. The van der Waals surface area contributed by atoms with Gasteiger partial charge >= 0.3 is 0 Å². The lowest BCUT2D eigenvalue weighted by molar-refractivity contribution is -0.141. The molecule has 6 rings (SSSR count). The number of hydrogen-bond donors (Lipinski definition) is 1. The average Bonchev–Trinajstić information content (AvgIpc) is 3.19. The molecule has 3 fully saturated rings. The highest BCUT2D eigenvalue weighted by molar-refractivity contribution is 6.53. The van der Waals surface area contributed by atoms with Gasteiger partial charge in [0.2, 0.25) is 11.8 Å². The van der Waals surface area contributed by atoms with E-state index in [0.29, 0.717) is 22.9 Å². The Kier molecular flexibility index (Phi) is 4.93. The van der Waals surface area contributed by atoms with Crippen molar-refractivity contribution in [3.05, 3.63) is 53.6 Å². The Hall–Kier alpha value is -2.90. The molecule has 1 N–H and O–H groups in total. The van der Waals surface area contributed by atoms with Crippen molar-refractivity contribution in [1.82, 2.24) is 9.80 Å². The first-order valence-electron chi connectivity index (χ1n) is 12.0. The number of imide groups is 2. The van der Waals surface area contributed by atoms with Crippen LogP contribution < -0.4 is 0 Å². The Bertz CT molecular complexity index is 1420. The molecule has 0 radical (unpaired) electrons. The summed E-state index contributed by atoms with van der Waals surface area (Å²) in [6.07, 6.45) is 2.12. The number of nitrogens with zero attached hydrogens (tertiary/aromatic N) is 2. The van der Waals surface area contributed by atoms with Gasteiger partial charge in [-0.3, -0.25) is 29.0 Å². The van der Waals surface area contributed by atoms with Gasteiger partial charge in [-0.15, -0.1) is 23.2 Å². The second kappa shape index (κ2) is 7.56. The summed E-state index contributed by atoms with van der Waals surface area (Å²) >= 11 is 14.3. The molecule has 2 aliphatic carbocycles. The summed E-state index contributed by atoms with van der Waals surface area (Å²) < 4.78 is 0. The number of halogens is 2. The maximum Gasteiger partial charge on any atom is 0.253 e. The Morgan fingerprint density at radius 3 is 2.44 bits per heavy atom. The number of alkyl halides is 2. The van der Waals surface area contributed by atoms with Gasteiger partial charge in [0, 0.05) is 30.5 Å². The molecule has 7 nitrogen and oxygen atoms in total. The lowest BCUT2D eigenvalue weighted by Gasteiger charge is -2.50. The number of hydrogen-bond acceptors (Lipinski definition) is 5. The fraction of sp³-hybridized carbons (Fsp3) is 0.407. The Labute approximate surface area is 217 Å². The Balaban J connectivity index is 1.61. The van der Waals surface area contributed by atoms with E-state index in [9.17, 15) is 24.3 Å². The van der Waals surface area contributed by atoms with Gasteiger partial charge in [-0.1, -0.05) is 48.0 Å². The SMILES string of the molecule is CCN1C(=O)[C@H]2[C@H](CC=C3[C@H]2C[C@@]2(Cl)C(=O)N(C)C(=O)[C@@]2(Cl)[C@H]3c2ccc3ccccc3c2O)C1=O. The summed E-state index contributed by atoms with van der Waals surface area (Å²) in [5, 5.41) is 12.8. The first kappa shape index (κ1) is 23.5. The predicted molar refractivity (Wildman–Crippen MR) is 133 cm³/mol. The number of fused-ring (bicyclic) bond motifs is 5. The van der Waals surface area contributed by atoms with Gasteiger partial charge in [-0.2, -0.15) is 0 Å². The minimum Gasteiger partial charge on any atom is -0.507 e. The van der Waals surface area contributed by atoms with Crippen LogP contribution in [0.3, 0.4) is 0 Å². The number of aromatic hydroxyl groups is 1. The van der Waals surface area contributed by atoms with E-state index in [-0.39, 0.29) is 30.5 Å². The molecule has 1 saturated carbocycles. The average molecular weight is 527 g/mol. The zero-order valence-electron chi connectivity index (χ0n) is 19.7. The number of rotatable bonds is 2. The third-order valence-corrected chi connectivity index (χ3v) is 10.1. The number of phenolic OH excluding ortho intramolecular Hbond substituents is 1. The summed E-state index contributed by atoms with van der Waals surface area (Å²) in [4.78, 5) is 51.9. The smallest absolute Gasteiger partial charge is 0.253 e. The highest BCUT2D eigenvalue weighted by Gasteiger charge is 2.76. The van der Waals surface area contributed by atoms with Gasteiger partial charge in [0.05, 0.1) is 11.8 Å². The molecule has 36 heavy (non-hydrogen) atoms. The van der Waals surface area contributed by atoms with Crippen LogP contribution in [-0.4, -0.2) is 61.9 Å². The number of phenols is 1. The lowest BCUT2D eigenvalue weighted by atomic mass is 9.56. The molecule has 186 valence electrons. The van der Waals surface area contributed by atoms with Crippen molar-refractivity contribution in [2.45, 2.75) is 35.4 Å². The predicted octanol–water partition coefficient (Wildman–Crippen LogP) is 3.55. The van der Waals surface area contributed by atoms with E-state index in [1.807, 2.05) is 24.3 Å². The molecule has 0 spiro atoms. The zero-order valence-corrected chi connectivity index (χ0v) is 21.2. The number of allylic oxidation sites excluding steroid dienone is 2. The molecule has 4 aliphatic rings. The number of carbonyl (C=O) groups excluding carboxylic acids is 4. The molecule has 2 saturated heterocycles. The molecular formula is C27H24Cl2N2O5. The van der Waals surface area contributed by atoms with Crippen molar-refractivity contribution >= 4 is 57.6 Å². The fourth-order valence-corrected chi connectivity index (χ4v) is 7.98. The minimum atomic E-state index is -1.91. The summed E-state index contributed by atoms with van der Waals surface area (Å²) in [7, 11) is 1.35. The Morgan fingerprint density at radius 1 is 1.00 bits per heavy atom. The Morgan fingerprint density at radius 2 is 1.72 bits per heavy atom. The van der Waals surface area contributed by atoms with Crippen molar-refractivity contribution < 1.29 is 24.3 Å². The zero-order chi connectivity index (χ0) is 25.7. The van der Waals surface area contributed by atoms with E-state index in [1.165, 1.54) is 11.9 Å². The molecular weight excluding hydrogens is 503 g/mol. The highest BCUT2D eigenvalue weighted by Crippen LogP contribution is 2.66. The first-order valence-corrected chi connectivity index (χ1v) is 12.8. The third kappa shape index (κ3) is 2.60. The van der Waals surface area contributed by atoms with E-state index in [4.69, 9.17) is 23.2 Å². The van der Waals surface area contributed by atoms with E-state index < -0.39 is 45.2 Å². The normalized spacial score (nSPS) is 35.7. The van der Waals surface area contributed by atoms with Crippen LogP contribution in [0.25, 0.3) is 10.8 Å². The fourth-order valence-electron chi connectivity index (χ4n) is 6.97. The molecule has 2 aliphatic heterocycles. The van der Waals surface area contributed by atoms with E-state index in [2.05, 4.69) is 0 Å². The third-order valence-electron chi connectivity index (χ3n) is 8.66. The standard InChI is InChI=1S/C27H24Cl2N2O5/c1-3-31-22(33)16-11-10-15-18(19(16)23(31)34)12-26(28)24(35)30(2)25(36)27(26,29)20(15)17-9-8-13-6-4-5-7-14(13)21(17)32/h4-10,16,18-20,32H,3,11-12H2,1-2H3/t16-,18+,19-,20+,26+,27-/m0/s1. The van der Waals surface area contributed by atoms with E-state index in [1.54, 1.807) is 25.1 Å². The minimum absolute atomic E-state index is 0.0542. The van der Waals surface area contributed by atoms with Gasteiger partial charge in [-0.25, -0.2) is 0 Å². The van der Waals surface area contributed by atoms with Crippen LogP contribution >= 0.6 is 23.2 Å². The van der Waals surface area contributed by atoms with Crippen LogP contribution in [0.1, 0.15) is 31.2 Å². The highest BCUT2D eigenvalue weighted by atomic mass is 35.5. The molecule has 2 aromatic carbocycles. The molecule has 0 unspecified atom stereocenters. The number of likely N-dealkylation sites (tertiary alicyclic amines) is 2. The number of amides is 4. The van der Waals surface area contributed by atoms with Crippen LogP contribution in [0.15, 0.2) is 48.0 Å². The van der Waals surface area contributed by atoms with Crippen LogP contribution in [0, 0.1) is 17.8 Å². The maximum atomic E-state index is 13.6. The monoisotopic (exact) mass is 526 g/mol. The van der Waals surface area contributed by atoms with Gasteiger partial charge in [0.15, 0.2) is 9.75 Å². The summed E-state index contributed by atoms with van der Waals surface area (Å²) in [6.45, 7) is 2.01. The van der Waals surface area contributed by atoms with Crippen LogP contribution in [0.4, 0.5) is 0 Å². The van der Waals surface area contributed by atoms with Gasteiger partial charge in [0.1, 0.15) is 5.75 Å². The van der Waals surface area contributed by atoms with Crippen LogP contribution in [0.5, 0.6) is 5.75 Å². The summed E-state index contributed by atoms with van der Waals surface area (Å²) in [5.74, 6) is -4.67. The largest absolute Gasteiger partial charge is 0.507 e. The summed E-state index contributed by atoms with van der Waals surface area (Å²) in [5.41, 5.74) is 1.03. The second-order valence-electron chi connectivity index (χ2n) is 10.1. The first-order chi connectivity index (χ1) is 17.1. The van der Waals surface area contributed by atoms with Gasteiger partial charge in [-0.05, 0) is 31.1 Å². The lowest BCUT2D eigenvalue weighted by Crippen LogP contribution is -2.60. The molecule has 0 bridgehead atoms. The van der Waals surface area contributed by atoms with Crippen LogP contribution in [-0.2, 0) is 19.2 Å². The molecule has 9 heteroatoms. The second-order valence-corrected chi connectivity index (χ2v) is 11.4. The molecule has 6 atom stereocenters. The van der Waals surface area contributed by atoms with Gasteiger partial charge in [0.25, 0.3) is 11.8 Å².